The highest BCUT2D eigenvalue weighted by atomic mass is 16.3. The van der Waals surface area contributed by atoms with Gasteiger partial charge in [-0.2, -0.15) is 0 Å². The Morgan fingerprint density at radius 1 is 0.931 bits per heavy atom. The zero-order valence-electron chi connectivity index (χ0n) is 20.2. The summed E-state index contributed by atoms with van der Waals surface area (Å²) < 4.78 is 0. The first-order valence-corrected chi connectivity index (χ1v) is 13.0. The third kappa shape index (κ3) is 3.66. The summed E-state index contributed by atoms with van der Waals surface area (Å²) in [6, 6.07) is 0. The summed E-state index contributed by atoms with van der Waals surface area (Å²) in [4.78, 5) is 0. The number of aliphatic hydroxyl groups is 1. The van der Waals surface area contributed by atoms with Gasteiger partial charge in [0.05, 0.1) is 6.10 Å². The maximum absolute atomic E-state index is 10.2. The summed E-state index contributed by atoms with van der Waals surface area (Å²) in [5.74, 6) is 5.85. The van der Waals surface area contributed by atoms with Crippen molar-refractivity contribution in [3.05, 3.63) is 11.6 Å². The molecule has 3 fully saturated rings. The van der Waals surface area contributed by atoms with Crippen molar-refractivity contribution in [3.63, 3.8) is 0 Å². The molecule has 1 N–H and O–H groups in total. The fraction of sp³-hybridized carbons (Fsp3) is 0.929. The van der Waals surface area contributed by atoms with Gasteiger partial charge in [0.2, 0.25) is 0 Å². The standard InChI is InChI=1S/C28H48O/c1-18(2)19(3)7-8-20(4)24-11-12-25-23-10-9-21-17-22(29)13-15-27(21,5)26(23)14-16-28(24,25)6/h10,18-22,24-26,29H,7-9,11-17H2,1-6H3/t19-,20+,21+,22-,24+,25-,26-,27-,28+/m0/s1. The van der Waals surface area contributed by atoms with Gasteiger partial charge in [-0.25, -0.2) is 0 Å². The molecule has 0 heterocycles. The molecule has 4 aliphatic carbocycles. The molecule has 3 saturated carbocycles. The van der Waals surface area contributed by atoms with Crippen LogP contribution in [0.3, 0.4) is 0 Å². The molecule has 0 aromatic heterocycles. The Balaban J connectivity index is 1.50. The predicted octanol–water partition coefficient (Wildman–Crippen LogP) is 7.63. The van der Waals surface area contributed by atoms with Crippen LogP contribution < -0.4 is 0 Å². The van der Waals surface area contributed by atoms with Crippen molar-refractivity contribution >= 4 is 0 Å². The number of rotatable bonds is 5. The van der Waals surface area contributed by atoms with Crippen LogP contribution in [0.15, 0.2) is 11.6 Å². The molecule has 0 aliphatic heterocycles. The summed E-state index contributed by atoms with van der Waals surface area (Å²) in [5, 5.41) is 10.2. The maximum atomic E-state index is 10.2. The van der Waals surface area contributed by atoms with E-state index in [-0.39, 0.29) is 6.10 Å². The van der Waals surface area contributed by atoms with Crippen LogP contribution in [0.4, 0.5) is 0 Å². The fourth-order valence-electron chi connectivity index (χ4n) is 8.53. The molecule has 0 saturated heterocycles. The second kappa shape index (κ2) is 7.99. The Morgan fingerprint density at radius 2 is 1.62 bits per heavy atom. The molecule has 29 heavy (non-hydrogen) atoms. The molecule has 0 bridgehead atoms. The van der Waals surface area contributed by atoms with Crippen molar-refractivity contribution in [3.8, 4) is 0 Å². The van der Waals surface area contributed by atoms with Crippen molar-refractivity contribution in [2.24, 2.45) is 52.3 Å². The lowest BCUT2D eigenvalue weighted by Gasteiger charge is -2.57. The monoisotopic (exact) mass is 400 g/mol. The van der Waals surface area contributed by atoms with Gasteiger partial charge in [0.1, 0.15) is 0 Å². The van der Waals surface area contributed by atoms with Crippen LogP contribution in [0.1, 0.15) is 106 Å². The van der Waals surface area contributed by atoms with E-state index in [1.165, 1.54) is 51.4 Å². The first-order chi connectivity index (χ1) is 13.7. The summed E-state index contributed by atoms with van der Waals surface area (Å²) in [6.07, 6.45) is 15.8. The summed E-state index contributed by atoms with van der Waals surface area (Å²) in [7, 11) is 0. The van der Waals surface area contributed by atoms with E-state index in [1.807, 2.05) is 5.57 Å². The lowest BCUT2D eigenvalue weighted by Crippen LogP contribution is -2.49. The molecule has 4 aliphatic rings. The molecule has 166 valence electrons. The van der Waals surface area contributed by atoms with E-state index >= 15 is 0 Å². The second-order valence-electron chi connectivity index (χ2n) is 12.7. The number of hydrogen-bond donors (Lipinski definition) is 1. The van der Waals surface area contributed by atoms with Gasteiger partial charge in [-0.15, -0.1) is 0 Å². The molecule has 0 aromatic carbocycles. The van der Waals surface area contributed by atoms with Gasteiger partial charge in [0, 0.05) is 0 Å². The molecular formula is C28H48O. The van der Waals surface area contributed by atoms with Gasteiger partial charge >= 0.3 is 0 Å². The second-order valence-corrected chi connectivity index (χ2v) is 12.7. The molecule has 0 spiro atoms. The average molecular weight is 401 g/mol. The normalized spacial score (nSPS) is 46.5. The Morgan fingerprint density at radius 3 is 2.34 bits per heavy atom. The van der Waals surface area contributed by atoms with Crippen LogP contribution in [-0.4, -0.2) is 11.2 Å². The minimum Gasteiger partial charge on any atom is -0.393 e. The van der Waals surface area contributed by atoms with Crippen LogP contribution >= 0.6 is 0 Å². The summed E-state index contributed by atoms with van der Waals surface area (Å²) in [6.45, 7) is 15.1. The van der Waals surface area contributed by atoms with E-state index < -0.39 is 0 Å². The Labute approximate surface area is 181 Å². The molecule has 1 heteroatoms. The van der Waals surface area contributed by atoms with Gasteiger partial charge in [0.25, 0.3) is 0 Å². The van der Waals surface area contributed by atoms with Crippen LogP contribution in [-0.2, 0) is 0 Å². The van der Waals surface area contributed by atoms with Gasteiger partial charge in [-0.05, 0) is 104 Å². The molecule has 0 radical (unpaired) electrons. The molecule has 1 nitrogen and oxygen atoms in total. The molecule has 0 unspecified atom stereocenters. The highest BCUT2D eigenvalue weighted by Crippen LogP contribution is 2.67. The van der Waals surface area contributed by atoms with Gasteiger partial charge in [0.15, 0.2) is 0 Å². The predicted molar refractivity (Wildman–Crippen MR) is 124 cm³/mol. The van der Waals surface area contributed by atoms with Crippen molar-refractivity contribution in [2.75, 3.05) is 0 Å². The lowest BCUT2D eigenvalue weighted by atomic mass is 9.47. The third-order valence-electron chi connectivity index (χ3n) is 11.0. The maximum Gasteiger partial charge on any atom is 0.0543 e. The highest BCUT2D eigenvalue weighted by molar-refractivity contribution is 5.27. The van der Waals surface area contributed by atoms with Crippen LogP contribution in [0.25, 0.3) is 0 Å². The molecule has 0 aromatic rings. The number of allylic oxidation sites excluding steroid dienone is 2. The molecule has 0 amide bonds. The van der Waals surface area contributed by atoms with Crippen molar-refractivity contribution in [1.29, 1.82) is 0 Å². The SMILES string of the molecule is CC(C)[C@@H](C)CC[C@@H](C)[C@H]1CC[C@H]2C3=CC[C@@H]4C[C@@H](O)CC[C@]4(C)[C@H]3CC[C@]12C. The van der Waals surface area contributed by atoms with E-state index in [4.69, 9.17) is 0 Å². The van der Waals surface area contributed by atoms with Gasteiger partial charge in [-0.3, -0.25) is 0 Å². The van der Waals surface area contributed by atoms with Crippen LogP contribution in [0.2, 0.25) is 0 Å². The van der Waals surface area contributed by atoms with Crippen molar-refractivity contribution in [2.45, 2.75) is 112 Å². The Kier molecular flexibility index (Phi) is 6.04. The Bertz CT molecular complexity index is 620. The zero-order chi connectivity index (χ0) is 21.0. The topological polar surface area (TPSA) is 20.2 Å². The first kappa shape index (κ1) is 21.9. The fourth-order valence-corrected chi connectivity index (χ4v) is 8.53. The van der Waals surface area contributed by atoms with Crippen molar-refractivity contribution < 1.29 is 5.11 Å². The largest absolute Gasteiger partial charge is 0.393 e. The number of hydrogen-bond acceptors (Lipinski definition) is 1. The van der Waals surface area contributed by atoms with E-state index in [0.717, 1.165) is 54.3 Å². The van der Waals surface area contributed by atoms with Crippen molar-refractivity contribution in [1.82, 2.24) is 0 Å². The van der Waals surface area contributed by atoms with Crippen LogP contribution in [0.5, 0.6) is 0 Å². The van der Waals surface area contributed by atoms with Gasteiger partial charge < -0.3 is 5.11 Å². The average Bonchev–Trinajstić information content (AvgIpc) is 3.03. The number of fused-ring (bicyclic) bond motifs is 5. The van der Waals surface area contributed by atoms with E-state index in [0.29, 0.717) is 10.8 Å². The number of aliphatic hydroxyl groups excluding tert-OH is 1. The zero-order valence-corrected chi connectivity index (χ0v) is 20.2. The first-order valence-electron chi connectivity index (χ1n) is 13.0. The smallest absolute Gasteiger partial charge is 0.0543 e. The lowest BCUT2D eigenvalue weighted by molar-refractivity contribution is -0.0428. The van der Waals surface area contributed by atoms with E-state index in [9.17, 15) is 5.11 Å². The Hall–Kier alpha value is -0.300. The molecular weight excluding hydrogens is 352 g/mol. The quantitative estimate of drug-likeness (QED) is 0.470. The highest BCUT2D eigenvalue weighted by Gasteiger charge is 2.58. The van der Waals surface area contributed by atoms with Crippen LogP contribution in [0, 0.1) is 52.3 Å². The summed E-state index contributed by atoms with van der Waals surface area (Å²) >= 11 is 0. The minimum atomic E-state index is -0.0400. The minimum absolute atomic E-state index is 0.0400. The summed E-state index contributed by atoms with van der Waals surface area (Å²) in [5.41, 5.74) is 2.88. The van der Waals surface area contributed by atoms with E-state index in [2.05, 4.69) is 47.6 Å². The molecule has 9 atom stereocenters. The molecule has 4 rings (SSSR count). The third-order valence-corrected chi connectivity index (χ3v) is 11.0. The van der Waals surface area contributed by atoms with E-state index in [1.54, 1.807) is 0 Å². The van der Waals surface area contributed by atoms with Gasteiger partial charge in [-0.1, -0.05) is 66.0 Å².